The lowest BCUT2D eigenvalue weighted by Gasteiger charge is -2.13. The third-order valence-electron chi connectivity index (χ3n) is 2.95. The highest BCUT2D eigenvalue weighted by atomic mass is 16.5. The van der Waals surface area contributed by atoms with Crippen LogP contribution in [0.4, 0.5) is 0 Å². The summed E-state index contributed by atoms with van der Waals surface area (Å²) in [5.74, 6) is 0.114. The quantitative estimate of drug-likeness (QED) is 0.782. The molecule has 1 unspecified atom stereocenters. The maximum Gasteiger partial charge on any atom is 0.328 e. The number of aryl methyl sites for hydroxylation is 2. The van der Waals surface area contributed by atoms with Crippen LogP contribution in [0.2, 0.25) is 0 Å². The first-order valence-corrected chi connectivity index (χ1v) is 7.10. The minimum absolute atomic E-state index is 0.192. The molecule has 5 nitrogen and oxygen atoms in total. The Hall–Kier alpha value is -2.04. The van der Waals surface area contributed by atoms with Crippen LogP contribution in [0.15, 0.2) is 18.2 Å². The first-order chi connectivity index (χ1) is 9.93. The number of benzene rings is 1. The molecular weight excluding hydrogens is 270 g/mol. The normalized spacial score (nSPS) is 11.6. The molecule has 0 bridgehead atoms. The summed E-state index contributed by atoms with van der Waals surface area (Å²) in [6.45, 7) is 7.84. The average molecular weight is 293 g/mol. The molecule has 0 aliphatic rings. The van der Waals surface area contributed by atoms with Crippen molar-refractivity contribution in [2.45, 2.75) is 40.2 Å². The van der Waals surface area contributed by atoms with E-state index < -0.39 is 12.0 Å². The zero-order chi connectivity index (χ0) is 15.8. The van der Waals surface area contributed by atoms with Crippen LogP contribution in [0.3, 0.4) is 0 Å². The van der Waals surface area contributed by atoms with Crippen molar-refractivity contribution in [1.29, 1.82) is 0 Å². The second kappa shape index (κ2) is 8.29. The van der Waals surface area contributed by atoms with Gasteiger partial charge in [0.1, 0.15) is 11.8 Å². The van der Waals surface area contributed by atoms with Crippen molar-refractivity contribution in [2.24, 2.45) is 0 Å². The van der Waals surface area contributed by atoms with Gasteiger partial charge in [0.2, 0.25) is 5.91 Å². The molecule has 0 heterocycles. The molecule has 0 spiro atoms. The van der Waals surface area contributed by atoms with Crippen LogP contribution >= 0.6 is 0 Å². The fourth-order valence-corrected chi connectivity index (χ4v) is 1.76. The van der Waals surface area contributed by atoms with Crippen LogP contribution in [-0.2, 0) is 14.3 Å². The van der Waals surface area contributed by atoms with Crippen molar-refractivity contribution in [3.05, 3.63) is 29.3 Å². The van der Waals surface area contributed by atoms with E-state index in [9.17, 15) is 9.59 Å². The monoisotopic (exact) mass is 293 g/mol. The third-order valence-corrected chi connectivity index (χ3v) is 2.95. The van der Waals surface area contributed by atoms with Crippen LogP contribution < -0.4 is 10.1 Å². The van der Waals surface area contributed by atoms with Crippen molar-refractivity contribution in [1.82, 2.24) is 5.32 Å². The fourth-order valence-electron chi connectivity index (χ4n) is 1.76. The van der Waals surface area contributed by atoms with Gasteiger partial charge in [-0.25, -0.2) is 4.79 Å². The van der Waals surface area contributed by atoms with Crippen molar-refractivity contribution < 1.29 is 19.1 Å². The molecule has 1 N–H and O–H groups in total. The molecule has 0 saturated carbocycles. The van der Waals surface area contributed by atoms with Gasteiger partial charge in [-0.1, -0.05) is 12.1 Å². The van der Waals surface area contributed by atoms with Crippen LogP contribution in [0.5, 0.6) is 5.75 Å². The molecule has 0 aliphatic heterocycles. The van der Waals surface area contributed by atoms with Crippen molar-refractivity contribution >= 4 is 11.9 Å². The summed E-state index contributed by atoms with van der Waals surface area (Å²) < 4.78 is 10.4. The topological polar surface area (TPSA) is 64.6 Å². The van der Waals surface area contributed by atoms with Gasteiger partial charge in [-0.05, 0) is 44.9 Å². The molecule has 1 amide bonds. The van der Waals surface area contributed by atoms with Crippen molar-refractivity contribution in [2.75, 3.05) is 13.2 Å². The zero-order valence-electron chi connectivity index (χ0n) is 13.1. The Bertz CT molecular complexity index is 499. The molecule has 1 aromatic rings. The van der Waals surface area contributed by atoms with E-state index in [1.165, 1.54) is 0 Å². The Labute approximate surface area is 125 Å². The van der Waals surface area contributed by atoms with E-state index in [2.05, 4.69) is 5.32 Å². The minimum Gasteiger partial charge on any atom is -0.493 e. The standard InChI is InChI=1S/C16H23NO4/c1-5-20-16(19)13(4)17-15(18)8-9-21-14-10-11(2)6-7-12(14)3/h6-7,10,13H,5,8-9H2,1-4H3,(H,17,18). The molecule has 0 aromatic heterocycles. The Morgan fingerprint density at radius 1 is 1.29 bits per heavy atom. The Morgan fingerprint density at radius 2 is 2.00 bits per heavy atom. The molecular formula is C16H23NO4. The summed E-state index contributed by atoms with van der Waals surface area (Å²) in [5, 5.41) is 2.58. The lowest BCUT2D eigenvalue weighted by Crippen LogP contribution is -2.40. The van der Waals surface area contributed by atoms with Gasteiger partial charge in [0, 0.05) is 0 Å². The van der Waals surface area contributed by atoms with E-state index in [0.29, 0.717) is 6.61 Å². The minimum atomic E-state index is -0.641. The average Bonchev–Trinajstić information content (AvgIpc) is 2.42. The molecule has 116 valence electrons. The molecule has 21 heavy (non-hydrogen) atoms. The van der Waals surface area contributed by atoms with E-state index in [-0.39, 0.29) is 18.9 Å². The largest absolute Gasteiger partial charge is 0.493 e. The molecule has 0 fully saturated rings. The molecule has 1 rings (SSSR count). The highest BCUT2D eigenvalue weighted by Crippen LogP contribution is 2.19. The number of esters is 1. The van der Waals surface area contributed by atoms with Gasteiger partial charge in [0.25, 0.3) is 0 Å². The Balaban J connectivity index is 2.36. The number of carbonyl (C=O) groups excluding carboxylic acids is 2. The molecule has 0 radical (unpaired) electrons. The van der Waals surface area contributed by atoms with E-state index in [1.54, 1.807) is 13.8 Å². The summed E-state index contributed by atoms with van der Waals surface area (Å²) in [6, 6.07) is 5.29. The van der Waals surface area contributed by atoms with Gasteiger partial charge in [-0.15, -0.1) is 0 Å². The van der Waals surface area contributed by atoms with Crippen LogP contribution in [0, 0.1) is 13.8 Å². The van der Waals surface area contributed by atoms with Crippen LogP contribution in [0.25, 0.3) is 0 Å². The lowest BCUT2D eigenvalue weighted by molar-refractivity contribution is -0.146. The second-order valence-corrected chi connectivity index (χ2v) is 4.91. The van der Waals surface area contributed by atoms with E-state index in [1.807, 2.05) is 32.0 Å². The van der Waals surface area contributed by atoms with Gasteiger partial charge in [0.05, 0.1) is 19.6 Å². The molecule has 0 saturated heterocycles. The number of hydrogen-bond donors (Lipinski definition) is 1. The number of rotatable bonds is 7. The predicted octanol–water partition coefficient (Wildman–Crippen LogP) is 2.14. The van der Waals surface area contributed by atoms with Crippen LogP contribution in [-0.4, -0.2) is 31.1 Å². The van der Waals surface area contributed by atoms with Gasteiger partial charge < -0.3 is 14.8 Å². The Kier molecular flexibility index (Phi) is 6.72. The molecule has 1 atom stereocenters. The highest BCUT2D eigenvalue weighted by molar-refractivity contribution is 5.84. The van der Waals surface area contributed by atoms with E-state index in [0.717, 1.165) is 16.9 Å². The maximum atomic E-state index is 11.7. The van der Waals surface area contributed by atoms with E-state index >= 15 is 0 Å². The number of amides is 1. The first kappa shape index (κ1) is 17.0. The predicted molar refractivity (Wildman–Crippen MR) is 80.3 cm³/mol. The smallest absolute Gasteiger partial charge is 0.328 e. The van der Waals surface area contributed by atoms with Crippen molar-refractivity contribution in [3.8, 4) is 5.75 Å². The van der Waals surface area contributed by atoms with Gasteiger partial charge in [-0.2, -0.15) is 0 Å². The first-order valence-electron chi connectivity index (χ1n) is 7.10. The molecule has 5 heteroatoms. The van der Waals surface area contributed by atoms with Gasteiger partial charge >= 0.3 is 5.97 Å². The molecule has 1 aromatic carbocycles. The number of hydrogen-bond acceptors (Lipinski definition) is 4. The second-order valence-electron chi connectivity index (χ2n) is 4.91. The van der Waals surface area contributed by atoms with Gasteiger partial charge in [0.15, 0.2) is 0 Å². The summed E-state index contributed by atoms with van der Waals surface area (Å²) in [4.78, 5) is 23.1. The van der Waals surface area contributed by atoms with E-state index in [4.69, 9.17) is 9.47 Å². The molecule has 0 aliphatic carbocycles. The summed E-state index contributed by atoms with van der Waals surface area (Å²) in [7, 11) is 0. The Morgan fingerprint density at radius 3 is 2.67 bits per heavy atom. The number of carbonyl (C=O) groups is 2. The zero-order valence-corrected chi connectivity index (χ0v) is 13.1. The number of nitrogens with one attached hydrogen (secondary N) is 1. The third kappa shape index (κ3) is 5.85. The summed E-state index contributed by atoms with van der Waals surface area (Å²) in [6.07, 6.45) is 0.192. The summed E-state index contributed by atoms with van der Waals surface area (Å²) in [5.41, 5.74) is 2.14. The van der Waals surface area contributed by atoms with Crippen LogP contribution in [0.1, 0.15) is 31.4 Å². The summed E-state index contributed by atoms with van der Waals surface area (Å²) >= 11 is 0. The maximum absolute atomic E-state index is 11.7. The fraction of sp³-hybridized carbons (Fsp3) is 0.500. The van der Waals surface area contributed by atoms with Crippen molar-refractivity contribution in [3.63, 3.8) is 0 Å². The van der Waals surface area contributed by atoms with Gasteiger partial charge in [-0.3, -0.25) is 4.79 Å². The SMILES string of the molecule is CCOC(=O)C(C)NC(=O)CCOc1cc(C)ccc1C. The lowest BCUT2D eigenvalue weighted by atomic mass is 10.1. The highest BCUT2D eigenvalue weighted by Gasteiger charge is 2.16. The number of ether oxygens (including phenoxy) is 2.